The maximum Gasteiger partial charge on any atom is 0.333 e. The molecule has 3 aliphatic rings. The highest BCUT2D eigenvalue weighted by Crippen LogP contribution is 2.58. The second-order valence-electron chi connectivity index (χ2n) is 15.1. The van der Waals surface area contributed by atoms with Crippen molar-refractivity contribution in [3.8, 4) is 39.1 Å². The number of aromatic nitrogens is 1. The fraction of sp³-hybridized carbons (Fsp3) is 0.106. The Labute approximate surface area is 293 Å². The molecule has 1 aromatic heterocycles. The monoisotopic (exact) mass is 638 g/mol. The number of hydrogen-bond donors (Lipinski definition) is 0. The molecule has 1 aliphatic carbocycles. The predicted octanol–water partition coefficient (Wildman–Crippen LogP) is 10.6. The molecule has 2 nitrogen and oxygen atoms in total. The van der Waals surface area contributed by atoms with Gasteiger partial charge in [0.15, 0.2) is 0 Å². The maximum atomic E-state index is 2.71. The number of anilines is 2. The van der Waals surface area contributed by atoms with Crippen LogP contribution >= 0.6 is 0 Å². The number of nitrogens with zero attached hydrogens (tertiary/aromatic N) is 2. The fourth-order valence-corrected chi connectivity index (χ4v) is 9.73. The van der Waals surface area contributed by atoms with Crippen LogP contribution in [0, 0.1) is 13.8 Å². The molecule has 0 saturated carbocycles. The molecule has 3 heteroatoms. The van der Waals surface area contributed by atoms with E-state index in [4.69, 9.17) is 0 Å². The van der Waals surface area contributed by atoms with Crippen molar-refractivity contribution in [3.63, 3.8) is 0 Å². The normalized spacial score (nSPS) is 14.5. The number of aryl methyl sites for hydroxylation is 2. The fourth-order valence-electron chi connectivity index (χ4n) is 9.73. The Kier molecular flexibility index (Phi) is 5.43. The van der Waals surface area contributed by atoms with Crippen LogP contribution in [0.5, 0.6) is 0 Å². The highest BCUT2D eigenvalue weighted by atomic mass is 15.1. The van der Waals surface area contributed by atoms with E-state index >= 15 is 0 Å². The Morgan fingerprint density at radius 1 is 0.580 bits per heavy atom. The van der Waals surface area contributed by atoms with Gasteiger partial charge in [-0.2, -0.15) is 0 Å². The van der Waals surface area contributed by atoms with Crippen molar-refractivity contribution in [1.82, 2.24) is 4.57 Å². The molecule has 8 aromatic rings. The summed E-state index contributed by atoms with van der Waals surface area (Å²) in [5.74, 6) is 0. The van der Waals surface area contributed by atoms with E-state index in [2.05, 4.69) is 177 Å². The lowest BCUT2D eigenvalue weighted by Crippen LogP contribution is -2.61. The van der Waals surface area contributed by atoms with Gasteiger partial charge in [-0.3, -0.25) is 0 Å². The van der Waals surface area contributed by atoms with Crippen LogP contribution in [-0.2, 0) is 5.41 Å². The minimum atomic E-state index is -0.177. The van der Waals surface area contributed by atoms with Gasteiger partial charge in [-0.25, -0.2) is 0 Å². The SMILES string of the molecule is Cc1ccc(N2B3c4cc(C)ccc4-n4c5ccccc5c5c(-c6ccccc6)cc(c3c54)-c3ccc4c(c32)C(C)(C)c2ccccc2-4)cc1. The van der Waals surface area contributed by atoms with Gasteiger partial charge in [0.25, 0.3) is 0 Å². The minimum Gasteiger partial charge on any atom is -0.376 e. The van der Waals surface area contributed by atoms with Crippen LogP contribution < -0.4 is 15.7 Å². The summed E-state index contributed by atoms with van der Waals surface area (Å²) < 4.78 is 2.58. The molecule has 7 aromatic carbocycles. The third kappa shape index (κ3) is 3.45. The number of para-hydroxylation sites is 1. The first-order valence-electron chi connectivity index (χ1n) is 17.8. The molecule has 236 valence electrons. The molecule has 0 spiro atoms. The highest BCUT2D eigenvalue weighted by molar-refractivity contribution is 6.94. The highest BCUT2D eigenvalue weighted by Gasteiger charge is 2.48. The van der Waals surface area contributed by atoms with E-state index in [-0.39, 0.29) is 12.3 Å². The van der Waals surface area contributed by atoms with Gasteiger partial charge in [0.1, 0.15) is 0 Å². The van der Waals surface area contributed by atoms with Gasteiger partial charge >= 0.3 is 6.85 Å². The number of hydrogen-bond acceptors (Lipinski definition) is 1. The first-order valence-corrected chi connectivity index (χ1v) is 17.8. The summed E-state index contributed by atoms with van der Waals surface area (Å²) in [5.41, 5.74) is 22.3. The molecule has 0 radical (unpaired) electrons. The molecule has 0 unspecified atom stereocenters. The average molecular weight is 639 g/mol. The average Bonchev–Trinajstić information content (AvgIpc) is 3.61. The standard InChI is InChI=1S/C47H35BN2/c1-28-18-21-31(22-19-28)50-45-34(24-23-33-32-14-8-10-16-38(32)47(3,4)43(33)45)37-27-36(30-12-6-5-7-13-30)42-35-15-9-11-17-40(35)49-41-25-20-29(2)26-39(41)48(50)44(37)46(42)49/h5-27H,1-4H3. The zero-order valence-electron chi connectivity index (χ0n) is 28.8. The second-order valence-corrected chi connectivity index (χ2v) is 15.1. The van der Waals surface area contributed by atoms with Crippen LogP contribution in [0.3, 0.4) is 0 Å². The third-order valence-electron chi connectivity index (χ3n) is 11.8. The van der Waals surface area contributed by atoms with Crippen LogP contribution in [0.4, 0.5) is 11.4 Å². The van der Waals surface area contributed by atoms with Crippen molar-refractivity contribution in [2.75, 3.05) is 4.81 Å². The molecular formula is C47H35BN2. The molecular weight excluding hydrogens is 603 g/mol. The summed E-state index contributed by atoms with van der Waals surface area (Å²) in [7, 11) is 0. The largest absolute Gasteiger partial charge is 0.376 e. The lowest BCUT2D eigenvalue weighted by atomic mass is 9.43. The van der Waals surface area contributed by atoms with E-state index < -0.39 is 0 Å². The number of fused-ring (bicyclic) bond motifs is 12. The van der Waals surface area contributed by atoms with E-state index in [0.717, 1.165) is 0 Å². The van der Waals surface area contributed by atoms with E-state index in [1.54, 1.807) is 0 Å². The lowest BCUT2D eigenvalue weighted by Gasteiger charge is -2.44. The maximum absolute atomic E-state index is 2.71. The molecule has 0 bridgehead atoms. The number of rotatable bonds is 2. The molecule has 0 saturated heterocycles. The molecule has 0 fully saturated rings. The summed E-state index contributed by atoms with van der Waals surface area (Å²) in [4.78, 5) is 2.71. The molecule has 0 atom stereocenters. The van der Waals surface area contributed by atoms with Gasteiger partial charge in [-0.1, -0.05) is 134 Å². The summed E-state index contributed by atoms with van der Waals surface area (Å²) in [6.07, 6.45) is 0. The molecule has 0 amide bonds. The smallest absolute Gasteiger partial charge is 0.333 e. The second kappa shape index (κ2) is 9.67. The van der Waals surface area contributed by atoms with Crippen molar-refractivity contribution in [3.05, 3.63) is 162 Å². The molecule has 0 N–H and O–H groups in total. The van der Waals surface area contributed by atoms with Crippen LogP contribution in [0.15, 0.2) is 140 Å². The predicted molar refractivity (Wildman–Crippen MR) is 212 cm³/mol. The summed E-state index contributed by atoms with van der Waals surface area (Å²) >= 11 is 0. The Morgan fingerprint density at radius 2 is 1.30 bits per heavy atom. The molecule has 2 aliphatic heterocycles. The molecule has 50 heavy (non-hydrogen) atoms. The minimum absolute atomic E-state index is 0.00902. The lowest BCUT2D eigenvalue weighted by molar-refractivity contribution is 0.661. The van der Waals surface area contributed by atoms with Crippen LogP contribution in [0.25, 0.3) is 60.9 Å². The Hall–Kier alpha value is -5.80. The van der Waals surface area contributed by atoms with Gasteiger partial charge in [-0.15, -0.1) is 0 Å². The summed E-state index contributed by atoms with van der Waals surface area (Å²) in [6, 6.07) is 52.8. The van der Waals surface area contributed by atoms with Gasteiger partial charge < -0.3 is 9.38 Å². The van der Waals surface area contributed by atoms with Gasteiger partial charge in [0.2, 0.25) is 0 Å². The summed E-state index contributed by atoms with van der Waals surface area (Å²) in [5, 5.41) is 2.64. The van der Waals surface area contributed by atoms with Crippen LogP contribution in [-0.4, -0.2) is 11.4 Å². The first kappa shape index (κ1) is 28.1. The number of benzene rings is 7. The summed E-state index contributed by atoms with van der Waals surface area (Å²) in [6.45, 7) is 9.27. The zero-order valence-corrected chi connectivity index (χ0v) is 28.8. The van der Waals surface area contributed by atoms with Gasteiger partial charge in [-0.05, 0) is 94.0 Å². The van der Waals surface area contributed by atoms with Crippen LogP contribution in [0.2, 0.25) is 0 Å². The first-order chi connectivity index (χ1) is 24.4. The van der Waals surface area contributed by atoms with Crippen molar-refractivity contribution in [2.45, 2.75) is 33.1 Å². The topological polar surface area (TPSA) is 8.17 Å². The zero-order chi connectivity index (χ0) is 33.5. The van der Waals surface area contributed by atoms with Gasteiger partial charge in [0.05, 0.1) is 11.0 Å². The Bertz CT molecular complexity index is 2750. The Morgan fingerprint density at radius 3 is 2.14 bits per heavy atom. The van der Waals surface area contributed by atoms with E-state index in [0.29, 0.717) is 0 Å². The Balaban J connectivity index is 1.38. The van der Waals surface area contributed by atoms with Gasteiger partial charge in [0, 0.05) is 38.8 Å². The van der Waals surface area contributed by atoms with Crippen molar-refractivity contribution in [2.24, 2.45) is 0 Å². The molecule has 3 heterocycles. The van der Waals surface area contributed by atoms with Crippen molar-refractivity contribution >= 4 is 51.0 Å². The molecule has 11 rings (SSSR count). The van der Waals surface area contributed by atoms with E-state index in [1.807, 2.05) is 0 Å². The van der Waals surface area contributed by atoms with E-state index in [9.17, 15) is 0 Å². The van der Waals surface area contributed by atoms with Crippen LogP contribution in [0.1, 0.15) is 36.1 Å². The van der Waals surface area contributed by atoms with Crippen molar-refractivity contribution in [1.29, 1.82) is 0 Å². The van der Waals surface area contributed by atoms with E-state index in [1.165, 1.54) is 105 Å². The van der Waals surface area contributed by atoms with Crippen molar-refractivity contribution < 1.29 is 0 Å². The third-order valence-corrected chi connectivity index (χ3v) is 11.8. The quantitative estimate of drug-likeness (QED) is 0.171.